The van der Waals surface area contributed by atoms with Gasteiger partial charge in [-0.05, 0) is 35.2 Å². The summed E-state index contributed by atoms with van der Waals surface area (Å²) >= 11 is 0. The summed E-state index contributed by atoms with van der Waals surface area (Å²) < 4.78 is 43.3. The Balaban J connectivity index is 1.61. The molecule has 31 heavy (non-hydrogen) atoms. The molecular formula is C20H16BF3N4O3. The third kappa shape index (κ3) is 4.23. The van der Waals surface area contributed by atoms with Crippen molar-refractivity contribution >= 4 is 46.5 Å². The molecule has 158 valence electrons. The van der Waals surface area contributed by atoms with Gasteiger partial charge in [0.15, 0.2) is 0 Å². The number of hydrogen-bond acceptors (Lipinski definition) is 6. The quantitative estimate of drug-likeness (QED) is 0.553. The van der Waals surface area contributed by atoms with Crippen LogP contribution in [0.25, 0.3) is 10.8 Å². The first kappa shape index (κ1) is 20.8. The van der Waals surface area contributed by atoms with Crippen LogP contribution in [0.1, 0.15) is 11.5 Å². The van der Waals surface area contributed by atoms with Crippen LogP contribution in [0.5, 0.6) is 0 Å². The van der Waals surface area contributed by atoms with Crippen LogP contribution in [0, 0.1) is 0 Å². The maximum absolute atomic E-state index is 13.0. The lowest BCUT2D eigenvalue weighted by molar-refractivity contribution is -0.117. The van der Waals surface area contributed by atoms with Crippen molar-refractivity contribution in [2.24, 2.45) is 10.7 Å². The molecular weight excluding hydrogens is 412 g/mol. The maximum Gasteiger partial charge on any atom is 0.563 e. The van der Waals surface area contributed by atoms with Crippen LogP contribution in [0.15, 0.2) is 59.9 Å². The fourth-order valence-electron chi connectivity index (χ4n) is 3.30. The molecule has 3 aromatic rings. The summed E-state index contributed by atoms with van der Waals surface area (Å²) in [5.41, 5.74) is 6.63. The Bertz CT molecular complexity index is 1190. The molecule has 1 unspecified atom stereocenters. The van der Waals surface area contributed by atoms with Crippen molar-refractivity contribution in [3.63, 3.8) is 0 Å². The van der Waals surface area contributed by atoms with E-state index in [9.17, 15) is 23.0 Å². The standard InChI is InChI=1S/C20H16BF3N4O3/c22-20(23,24)19-28-17-8-12(2-4-16(17)21(30)31-19)15(9-25)18(29)27-14-3-1-13-10-26-6-5-11(13)7-14/h1-8,10,15,30H,9,25H2,(H,27,29). The van der Waals surface area contributed by atoms with Gasteiger partial charge in [0, 0.05) is 35.5 Å². The molecule has 1 atom stereocenters. The number of aromatic nitrogens is 1. The molecule has 7 nitrogen and oxygen atoms in total. The van der Waals surface area contributed by atoms with Gasteiger partial charge >= 0.3 is 13.3 Å². The number of carbonyl (C=O) groups excluding carboxylic acids is 1. The molecule has 1 aromatic heterocycles. The topological polar surface area (TPSA) is 110 Å². The van der Waals surface area contributed by atoms with Gasteiger partial charge in [-0.15, -0.1) is 0 Å². The zero-order valence-corrected chi connectivity index (χ0v) is 15.9. The van der Waals surface area contributed by atoms with Crippen molar-refractivity contribution in [2.75, 3.05) is 11.9 Å². The van der Waals surface area contributed by atoms with Gasteiger partial charge in [0.25, 0.3) is 5.90 Å². The zero-order chi connectivity index (χ0) is 22.2. The normalized spacial score (nSPS) is 14.5. The molecule has 4 rings (SSSR count). The third-order valence-electron chi connectivity index (χ3n) is 4.87. The Morgan fingerprint density at radius 3 is 2.74 bits per heavy atom. The van der Waals surface area contributed by atoms with E-state index in [1.54, 1.807) is 30.6 Å². The summed E-state index contributed by atoms with van der Waals surface area (Å²) in [4.78, 5) is 20.3. The number of nitrogens with one attached hydrogen (secondary N) is 1. The van der Waals surface area contributed by atoms with Crippen LogP contribution in [0.2, 0.25) is 0 Å². The van der Waals surface area contributed by atoms with Crippen molar-refractivity contribution < 1.29 is 27.6 Å². The summed E-state index contributed by atoms with van der Waals surface area (Å²) in [6.07, 6.45) is -1.52. The summed E-state index contributed by atoms with van der Waals surface area (Å²) in [5, 5.41) is 14.4. The lowest BCUT2D eigenvalue weighted by Crippen LogP contribution is -2.43. The minimum atomic E-state index is -4.86. The van der Waals surface area contributed by atoms with Crippen molar-refractivity contribution in [1.29, 1.82) is 0 Å². The minimum Gasteiger partial charge on any atom is -0.515 e. The maximum atomic E-state index is 13.0. The molecule has 2 aromatic carbocycles. The van der Waals surface area contributed by atoms with E-state index in [1.807, 2.05) is 6.07 Å². The van der Waals surface area contributed by atoms with Crippen LogP contribution in [0.4, 0.5) is 24.5 Å². The molecule has 4 N–H and O–H groups in total. The first-order chi connectivity index (χ1) is 14.8. The van der Waals surface area contributed by atoms with Crippen molar-refractivity contribution in [1.82, 2.24) is 4.98 Å². The second-order valence-corrected chi connectivity index (χ2v) is 6.92. The Morgan fingerprint density at radius 2 is 2.00 bits per heavy atom. The number of pyridine rings is 1. The van der Waals surface area contributed by atoms with Gasteiger partial charge in [-0.3, -0.25) is 9.78 Å². The van der Waals surface area contributed by atoms with E-state index in [-0.39, 0.29) is 17.7 Å². The number of nitrogens with zero attached hydrogens (tertiary/aromatic N) is 2. The van der Waals surface area contributed by atoms with Gasteiger partial charge in [-0.2, -0.15) is 13.2 Å². The van der Waals surface area contributed by atoms with Gasteiger partial charge in [0.05, 0.1) is 11.6 Å². The highest BCUT2D eigenvalue weighted by Gasteiger charge is 2.44. The summed E-state index contributed by atoms with van der Waals surface area (Å²) in [5.74, 6) is -2.82. The number of hydrogen-bond donors (Lipinski definition) is 3. The molecule has 0 saturated carbocycles. The number of carbonyl (C=O) groups is 1. The predicted octanol–water partition coefficient (Wildman–Crippen LogP) is 2.23. The van der Waals surface area contributed by atoms with Crippen LogP contribution in [0.3, 0.4) is 0 Å². The molecule has 0 fully saturated rings. The number of aliphatic imine (C=N–C) groups is 1. The van der Waals surface area contributed by atoms with E-state index < -0.39 is 31.0 Å². The van der Waals surface area contributed by atoms with Gasteiger partial charge < -0.3 is 20.7 Å². The number of benzene rings is 2. The number of alkyl halides is 3. The van der Waals surface area contributed by atoms with Crippen molar-refractivity contribution in [3.8, 4) is 0 Å². The van der Waals surface area contributed by atoms with Gasteiger partial charge in [-0.25, -0.2) is 4.99 Å². The molecule has 0 aliphatic carbocycles. The molecule has 1 aliphatic rings. The number of anilines is 1. The second kappa shape index (κ2) is 8.01. The number of fused-ring (bicyclic) bond motifs is 2. The average Bonchev–Trinajstić information content (AvgIpc) is 2.73. The van der Waals surface area contributed by atoms with Crippen LogP contribution in [-0.4, -0.2) is 41.7 Å². The SMILES string of the molecule is NCC(C(=O)Nc1ccc2cnccc2c1)c1ccc2c(c1)N=C(C(F)(F)F)OB2O. The van der Waals surface area contributed by atoms with E-state index in [0.717, 1.165) is 10.8 Å². The summed E-state index contributed by atoms with van der Waals surface area (Å²) in [7, 11) is -1.81. The lowest BCUT2D eigenvalue weighted by Gasteiger charge is -2.22. The van der Waals surface area contributed by atoms with Crippen molar-refractivity contribution in [3.05, 3.63) is 60.4 Å². The Kier molecular flexibility index (Phi) is 5.38. The highest BCUT2D eigenvalue weighted by Crippen LogP contribution is 2.28. The van der Waals surface area contributed by atoms with Crippen LogP contribution in [-0.2, 0) is 9.45 Å². The third-order valence-corrected chi connectivity index (χ3v) is 4.87. The molecule has 1 amide bonds. The van der Waals surface area contributed by atoms with E-state index >= 15 is 0 Å². The Hall–Kier alpha value is -3.44. The predicted molar refractivity (Wildman–Crippen MR) is 110 cm³/mol. The molecule has 0 saturated heterocycles. The fourth-order valence-corrected chi connectivity index (χ4v) is 3.30. The van der Waals surface area contributed by atoms with Gasteiger partial charge in [0.2, 0.25) is 5.91 Å². The zero-order valence-electron chi connectivity index (χ0n) is 15.9. The fraction of sp³-hybridized carbons (Fsp3) is 0.150. The molecule has 11 heteroatoms. The molecule has 0 spiro atoms. The number of amides is 1. The largest absolute Gasteiger partial charge is 0.563 e. The van der Waals surface area contributed by atoms with E-state index in [4.69, 9.17) is 5.73 Å². The van der Waals surface area contributed by atoms with E-state index in [1.165, 1.54) is 18.2 Å². The number of halogens is 3. The van der Waals surface area contributed by atoms with E-state index in [2.05, 4.69) is 19.9 Å². The minimum absolute atomic E-state index is 0.0658. The van der Waals surface area contributed by atoms with Gasteiger partial charge in [-0.1, -0.05) is 18.2 Å². The lowest BCUT2D eigenvalue weighted by atomic mass is 9.76. The Morgan fingerprint density at radius 1 is 1.19 bits per heavy atom. The summed E-state index contributed by atoms with van der Waals surface area (Å²) in [6.45, 7) is -0.0863. The smallest absolute Gasteiger partial charge is 0.515 e. The Labute approximate surface area is 174 Å². The molecule has 1 aliphatic heterocycles. The number of rotatable bonds is 4. The highest BCUT2D eigenvalue weighted by atomic mass is 19.4. The van der Waals surface area contributed by atoms with Crippen LogP contribution >= 0.6 is 0 Å². The van der Waals surface area contributed by atoms with Gasteiger partial charge in [0.1, 0.15) is 0 Å². The van der Waals surface area contributed by atoms with E-state index in [0.29, 0.717) is 11.3 Å². The highest BCUT2D eigenvalue weighted by molar-refractivity contribution is 6.64. The molecule has 0 radical (unpaired) electrons. The monoisotopic (exact) mass is 428 g/mol. The second-order valence-electron chi connectivity index (χ2n) is 6.92. The number of nitrogens with two attached hydrogens (primary N) is 1. The first-order valence-electron chi connectivity index (χ1n) is 9.25. The summed E-state index contributed by atoms with van der Waals surface area (Å²) in [6, 6.07) is 11.3. The molecule has 0 bridgehead atoms. The first-order valence-corrected chi connectivity index (χ1v) is 9.25. The molecule has 2 heterocycles. The van der Waals surface area contributed by atoms with Crippen molar-refractivity contribution in [2.45, 2.75) is 12.1 Å². The average molecular weight is 428 g/mol. The van der Waals surface area contributed by atoms with Crippen LogP contribution < -0.4 is 16.5 Å².